The molecular formula is C14H14F8NO7S-. The number of hydrogen-bond donors (Lipinski definition) is 1. The molecule has 0 saturated carbocycles. The SMILES string of the molecule is C=CCNC(=O)C(OCCCC(F)(F)C(F)(F)S(=O)(=O)[O-])(OC(=O)C(=C)F)C(F)(F)F. The Balaban J connectivity index is 5.74. The normalized spacial score (nSPS) is 15.0. The van der Waals surface area contributed by atoms with E-state index in [-0.39, 0.29) is 0 Å². The summed E-state index contributed by atoms with van der Waals surface area (Å²) in [6, 6.07) is 0. The third-order valence-electron chi connectivity index (χ3n) is 3.22. The van der Waals surface area contributed by atoms with Crippen LogP contribution in [0.2, 0.25) is 0 Å². The summed E-state index contributed by atoms with van der Waals surface area (Å²) >= 11 is 0. The summed E-state index contributed by atoms with van der Waals surface area (Å²) in [5.74, 6) is -17.0. The summed E-state index contributed by atoms with van der Waals surface area (Å²) in [4.78, 5) is 23.1. The molecule has 0 aromatic rings. The zero-order valence-corrected chi connectivity index (χ0v) is 15.9. The highest BCUT2D eigenvalue weighted by molar-refractivity contribution is 7.86. The zero-order chi connectivity index (χ0) is 24.9. The van der Waals surface area contributed by atoms with E-state index in [4.69, 9.17) is 0 Å². The van der Waals surface area contributed by atoms with Gasteiger partial charge >= 0.3 is 35.0 Å². The van der Waals surface area contributed by atoms with Crippen molar-refractivity contribution in [1.82, 2.24) is 5.32 Å². The monoisotopic (exact) mass is 492 g/mol. The fourth-order valence-electron chi connectivity index (χ4n) is 1.72. The van der Waals surface area contributed by atoms with E-state index >= 15 is 0 Å². The first kappa shape index (κ1) is 28.7. The minimum Gasteiger partial charge on any atom is -0.743 e. The van der Waals surface area contributed by atoms with Crippen molar-refractivity contribution in [2.45, 2.75) is 36.0 Å². The van der Waals surface area contributed by atoms with Crippen LogP contribution in [0.15, 0.2) is 25.1 Å². The number of nitrogens with one attached hydrogen (secondary N) is 1. The molecule has 0 bridgehead atoms. The molecule has 0 fully saturated rings. The molecule has 0 aromatic heterocycles. The Labute approximate surface area is 169 Å². The van der Waals surface area contributed by atoms with Crippen LogP contribution in [0.1, 0.15) is 12.8 Å². The van der Waals surface area contributed by atoms with E-state index in [9.17, 15) is 57.7 Å². The lowest BCUT2D eigenvalue weighted by Gasteiger charge is -2.33. The van der Waals surface area contributed by atoms with Crippen LogP contribution in [0.4, 0.5) is 35.1 Å². The van der Waals surface area contributed by atoms with Gasteiger partial charge in [-0.05, 0) is 6.42 Å². The highest BCUT2D eigenvalue weighted by atomic mass is 32.2. The van der Waals surface area contributed by atoms with Gasteiger partial charge in [-0.3, -0.25) is 4.79 Å². The van der Waals surface area contributed by atoms with Crippen LogP contribution >= 0.6 is 0 Å². The van der Waals surface area contributed by atoms with Crippen molar-refractivity contribution in [3.05, 3.63) is 25.1 Å². The zero-order valence-electron chi connectivity index (χ0n) is 15.1. The van der Waals surface area contributed by atoms with Crippen molar-refractivity contribution in [3.63, 3.8) is 0 Å². The van der Waals surface area contributed by atoms with Gasteiger partial charge < -0.3 is 19.3 Å². The summed E-state index contributed by atoms with van der Waals surface area (Å²) < 4.78 is 144. The van der Waals surface area contributed by atoms with Crippen LogP contribution in [-0.2, 0) is 29.2 Å². The van der Waals surface area contributed by atoms with Gasteiger partial charge in [-0.2, -0.15) is 35.1 Å². The van der Waals surface area contributed by atoms with Crippen LogP contribution in [-0.4, -0.2) is 61.1 Å². The topological polar surface area (TPSA) is 122 Å². The first-order valence-electron chi connectivity index (χ1n) is 7.65. The number of hydrogen-bond acceptors (Lipinski definition) is 7. The summed E-state index contributed by atoms with van der Waals surface area (Å²) in [6.07, 6.45) is -8.79. The fourth-order valence-corrected chi connectivity index (χ4v) is 2.18. The van der Waals surface area contributed by atoms with Crippen molar-refractivity contribution in [2.75, 3.05) is 13.2 Å². The maximum Gasteiger partial charge on any atom is 0.466 e. The Kier molecular flexibility index (Phi) is 9.18. The summed E-state index contributed by atoms with van der Waals surface area (Å²) in [7, 11) is -6.85. The molecule has 0 aromatic carbocycles. The first-order chi connectivity index (χ1) is 13.8. The molecule has 0 spiro atoms. The lowest BCUT2D eigenvalue weighted by molar-refractivity contribution is -0.347. The lowest BCUT2D eigenvalue weighted by atomic mass is 10.2. The Hall–Kier alpha value is -2.27. The van der Waals surface area contributed by atoms with Crippen molar-refractivity contribution >= 4 is 22.0 Å². The largest absolute Gasteiger partial charge is 0.743 e. The highest BCUT2D eigenvalue weighted by Gasteiger charge is 2.67. The van der Waals surface area contributed by atoms with Crippen LogP contribution in [0.25, 0.3) is 0 Å². The van der Waals surface area contributed by atoms with E-state index in [2.05, 4.69) is 22.6 Å². The van der Waals surface area contributed by atoms with Crippen LogP contribution in [0, 0.1) is 0 Å². The highest BCUT2D eigenvalue weighted by Crippen LogP contribution is 2.42. The molecule has 17 heteroatoms. The minimum absolute atomic E-state index is 0.667. The quantitative estimate of drug-likeness (QED) is 0.0843. The number of carbonyl (C=O) groups excluding carboxylic acids is 2. The second kappa shape index (κ2) is 9.90. The Morgan fingerprint density at radius 2 is 1.61 bits per heavy atom. The summed E-state index contributed by atoms with van der Waals surface area (Å²) in [6.45, 7) is 3.07. The van der Waals surface area contributed by atoms with Gasteiger partial charge in [-0.25, -0.2) is 13.2 Å². The molecule has 31 heavy (non-hydrogen) atoms. The molecule has 0 radical (unpaired) electrons. The molecule has 0 heterocycles. The molecular weight excluding hydrogens is 478 g/mol. The molecule has 8 nitrogen and oxygen atoms in total. The average Bonchev–Trinajstić information content (AvgIpc) is 2.59. The molecule has 180 valence electrons. The number of amides is 1. The number of halogens is 8. The predicted molar refractivity (Wildman–Crippen MR) is 83.1 cm³/mol. The second-order valence-electron chi connectivity index (χ2n) is 5.53. The van der Waals surface area contributed by atoms with E-state index < -0.39 is 77.0 Å². The van der Waals surface area contributed by atoms with Crippen molar-refractivity contribution < 1.29 is 67.2 Å². The van der Waals surface area contributed by atoms with Gasteiger partial charge in [-0.1, -0.05) is 12.7 Å². The maximum absolute atomic E-state index is 13.5. The number of ether oxygens (including phenoxy) is 2. The van der Waals surface area contributed by atoms with Gasteiger partial charge in [0, 0.05) is 13.0 Å². The number of rotatable bonds is 12. The smallest absolute Gasteiger partial charge is 0.466 e. The Morgan fingerprint density at radius 1 is 1.10 bits per heavy atom. The van der Waals surface area contributed by atoms with E-state index in [1.807, 2.05) is 0 Å². The maximum atomic E-state index is 13.5. The van der Waals surface area contributed by atoms with E-state index in [0.29, 0.717) is 0 Å². The van der Waals surface area contributed by atoms with Gasteiger partial charge in [0.15, 0.2) is 10.1 Å². The first-order valence-corrected chi connectivity index (χ1v) is 9.06. The summed E-state index contributed by atoms with van der Waals surface area (Å²) in [5, 5.41) is -4.60. The molecule has 1 unspecified atom stereocenters. The van der Waals surface area contributed by atoms with E-state index in [1.165, 1.54) is 5.32 Å². The molecule has 0 saturated heterocycles. The van der Waals surface area contributed by atoms with Gasteiger partial charge in [-0.15, -0.1) is 6.58 Å². The molecule has 0 aliphatic heterocycles. The third-order valence-corrected chi connectivity index (χ3v) is 4.14. The number of alkyl halides is 7. The lowest BCUT2D eigenvalue weighted by Crippen LogP contribution is -2.61. The molecule has 0 aliphatic carbocycles. The molecule has 1 atom stereocenters. The standard InChI is InChI=1S/C14H15F8NO7S/c1-3-6-23-10(25)12(13(18,19)20,30-9(24)8(2)15)29-7-4-5-11(16,17)14(21,22)31(26,27)28/h3H,1-2,4-7H2,(H,23,25)(H,26,27,28)/p-1. The van der Waals surface area contributed by atoms with Crippen molar-refractivity contribution in [2.24, 2.45) is 0 Å². The molecule has 1 N–H and O–H groups in total. The Bertz CT molecular complexity index is 812. The number of carbonyl (C=O) groups is 2. The van der Waals surface area contributed by atoms with E-state index in [0.717, 1.165) is 6.08 Å². The Morgan fingerprint density at radius 3 is 2.00 bits per heavy atom. The molecule has 1 amide bonds. The van der Waals surface area contributed by atoms with Gasteiger partial charge in [0.2, 0.25) is 5.83 Å². The van der Waals surface area contributed by atoms with Crippen LogP contribution < -0.4 is 5.32 Å². The minimum atomic E-state index is -6.85. The van der Waals surface area contributed by atoms with Gasteiger partial charge in [0.25, 0.3) is 0 Å². The summed E-state index contributed by atoms with van der Waals surface area (Å²) in [5.41, 5.74) is 0. The molecule has 0 aliphatic rings. The molecule has 0 rings (SSSR count). The second-order valence-corrected chi connectivity index (χ2v) is 6.96. The predicted octanol–water partition coefficient (Wildman–Crippen LogP) is 2.14. The third kappa shape index (κ3) is 6.60. The van der Waals surface area contributed by atoms with Gasteiger partial charge in [0.1, 0.15) is 0 Å². The van der Waals surface area contributed by atoms with Crippen LogP contribution in [0.5, 0.6) is 0 Å². The van der Waals surface area contributed by atoms with E-state index in [1.54, 1.807) is 0 Å². The number of esters is 1. The fraction of sp³-hybridized carbons (Fsp3) is 0.571. The van der Waals surface area contributed by atoms with Crippen LogP contribution in [0.3, 0.4) is 0 Å². The van der Waals surface area contributed by atoms with Crippen molar-refractivity contribution in [3.8, 4) is 0 Å². The average molecular weight is 492 g/mol. The van der Waals surface area contributed by atoms with Gasteiger partial charge in [0.05, 0.1) is 6.61 Å². The van der Waals surface area contributed by atoms with Crippen molar-refractivity contribution in [1.29, 1.82) is 0 Å².